The van der Waals surface area contributed by atoms with E-state index >= 15 is 0 Å². The molecule has 1 N–H and O–H groups in total. The van der Waals surface area contributed by atoms with E-state index < -0.39 is 10.6 Å². The molecular weight excluding hydrogens is 266 g/mol. The molecule has 0 spiro atoms. The Morgan fingerprint density at radius 2 is 2.20 bits per heavy atom. The number of hydrogen-bond acceptors (Lipinski definition) is 6. The van der Waals surface area contributed by atoms with Gasteiger partial charge in [0.25, 0.3) is 11.5 Å². The summed E-state index contributed by atoms with van der Waals surface area (Å²) in [6, 6.07) is 3.21. The first-order valence-electron chi connectivity index (χ1n) is 5.50. The van der Waals surface area contributed by atoms with Gasteiger partial charge >= 0.3 is 0 Å². The largest absolute Gasteiger partial charge is 0.481 e. The number of nitro groups is 1. The number of aromatic nitrogens is 3. The maximum atomic E-state index is 12.2. The molecule has 20 heavy (non-hydrogen) atoms. The quantitative estimate of drug-likeness (QED) is 0.637. The highest BCUT2D eigenvalue weighted by Gasteiger charge is 2.12. The first kappa shape index (κ1) is 13.5. The van der Waals surface area contributed by atoms with Gasteiger partial charge in [-0.1, -0.05) is 5.43 Å². The average Bonchev–Trinajstić information content (AvgIpc) is 2.44. The smallest absolute Gasteiger partial charge is 0.268 e. The number of methoxy groups -OCH3 is 1. The van der Waals surface area contributed by atoms with Crippen LogP contribution in [-0.4, -0.2) is 26.7 Å². The summed E-state index contributed by atoms with van der Waals surface area (Å²) in [7, 11) is 2.86. The molecule has 0 saturated carbocycles. The highest BCUT2D eigenvalue weighted by molar-refractivity contribution is 5.62. The van der Waals surface area contributed by atoms with Crippen LogP contribution in [0.2, 0.25) is 0 Å². The Labute approximate surface area is 113 Å². The lowest BCUT2D eigenvalue weighted by Gasteiger charge is -2.07. The third kappa shape index (κ3) is 2.55. The number of nitrogens with one attached hydrogen (secondary N) is 1. The van der Waals surface area contributed by atoms with Gasteiger partial charge in [0.05, 0.1) is 12.7 Å². The first-order valence-corrected chi connectivity index (χ1v) is 5.50. The number of anilines is 1. The minimum absolute atomic E-state index is 0.148. The highest BCUT2D eigenvalue weighted by atomic mass is 16.7. The Morgan fingerprint density at radius 3 is 2.85 bits per heavy atom. The molecule has 104 valence electrons. The van der Waals surface area contributed by atoms with Crippen LogP contribution < -0.4 is 15.7 Å². The van der Waals surface area contributed by atoms with Gasteiger partial charge in [0, 0.05) is 25.5 Å². The normalized spacial score (nSPS) is 10.1. The summed E-state index contributed by atoms with van der Waals surface area (Å²) in [5.41, 5.74) is 2.29. The zero-order valence-electron chi connectivity index (χ0n) is 10.7. The maximum Gasteiger partial charge on any atom is 0.268 e. The predicted octanol–water partition coefficient (Wildman–Crippen LogP) is 0.454. The van der Waals surface area contributed by atoms with E-state index in [4.69, 9.17) is 4.74 Å². The molecular formula is C11H11N5O4. The molecule has 0 fully saturated rings. The van der Waals surface area contributed by atoms with Gasteiger partial charge in [0.1, 0.15) is 0 Å². The van der Waals surface area contributed by atoms with Crippen LogP contribution in [0.1, 0.15) is 0 Å². The zero-order valence-corrected chi connectivity index (χ0v) is 10.7. The average molecular weight is 277 g/mol. The predicted molar refractivity (Wildman–Crippen MR) is 69.9 cm³/mol. The SMILES string of the molecule is COc1cc(-c2cnc(N[N+](=O)[O-])n(C)c2=O)ccn1. The molecule has 0 atom stereocenters. The molecule has 0 aliphatic carbocycles. The van der Waals surface area contributed by atoms with E-state index in [0.717, 1.165) is 4.57 Å². The van der Waals surface area contributed by atoms with Gasteiger partial charge in [0.15, 0.2) is 5.03 Å². The van der Waals surface area contributed by atoms with E-state index in [9.17, 15) is 14.9 Å². The Kier molecular flexibility index (Phi) is 3.60. The van der Waals surface area contributed by atoms with E-state index in [-0.39, 0.29) is 5.95 Å². The monoisotopic (exact) mass is 277 g/mol. The number of hydrogen-bond donors (Lipinski definition) is 1. The van der Waals surface area contributed by atoms with Crippen LogP contribution in [0, 0.1) is 10.1 Å². The van der Waals surface area contributed by atoms with Crippen molar-refractivity contribution in [3.05, 3.63) is 45.0 Å². The molecule has 2 aromatic heterocycles. The van der Waals surface area contributed by atoms with Crippen LogP contribution >= 0.6 is 0 Å². The summed E-state index contributed by atoms with van der Waals surface area (Å²) >= 11 is 0. The van der Waals surface area contributed by atoms with E-state index in [1.807, 2.05) is 5.43 Å². The van der Waals surface area contributed by atoms with Crippen molar-refractivity contribution in [2.75, 3.05) is 12.5 Å². The Hall–Kier alpha value is -2.97. The lowest BCUT2D eigenvalue weighted by Crippen LogP contribution is -2.25. The number of hydrazine groups is 1. The molecule has 9 nitrogen and oxygen atoms in total. The summed E-state index contributed by atoms with van der Waals surface area (Å²) in [5, 5.41) is 9.60. The first-order chi connectivity index (χ1) is 9.52. The molecule has 2 rings (SSSR count). The standard InChI is InChI=1S/C11H11N5O4/c1-15-10(17)8(6-13-11(15)14-16(18)19)7-3-4-12-9(5-7)20-2/h3-6H,1-2H3,(H,13,14). The minimum Gasteiger partial charge on any atom is -0.481 e. The summed E-state index contributed by atoms with van der Waals surface area (Å²) in [5.74, 6) is 0.210. The third-order valence-electron chi connectivity index (χ3n) is 2.61. The number of nitrogens with zero attached hydrogens (tertiary/aromatic N) is 4. The van der Waals surface area contributed by atoms with Gasteiger partial charge in [-0.2, -0.15) is 0 Å². The summed E-state index contributed by atoms with van der Waals surface area (Å²) < 4.78 is 6.04. The van der Waals surface area contributed by atoms with Crippen LogP contribution in [-0.2, 0) is 7.05 Å². The van der Waals surface area contributed by atoms with Gasteiger partial charge in [-0.15, -0.1) is 0 Å². The molecule has 2 aromatic rings. The van der Waals surface area contributed by atoms with Crippen molar-refractivity contribution in [1.29, 1.82) is 0 Å². The molecule has 2 heterocycles. The lowest BCUT2D eigenvalue weighted by molar-refractivity contribution is -0.446. The molecule has 0 saturated heterocycles. The van der Waals surface area contributed by atoms with Crippen molar-refractivity contribution < 1.29 is 9.77 Å². The summed E-state index contributed by atoms with van der Waals surface area (Å²) in [4.78, 5) is 30.4. The molecule has 0 aliphatic heterocycles. The fourth-order valence-corrected chi connectivity index (χ4v) is 1.62. The Morgan fingerprint density at radius 1 is 1.45 bits per heavy atom. The van der Waals surface area contributed by atoms with Gasteiger partial charge in [0.2, 0.25) is 5.88 Å². The second-order valence-corrected chi connectivity index (χ2v) is 3.82. The zero-order chi connectivity index (χ0) is 14.7. The van der Waals surface area contributed by atoms with Crippen molar-refractivity contribution in [3.8, 4) is 17.0 Å². The Balaban J connectivity index is 2.51. The van der Waals surface area contributed by atoms with E-state index in [1.165, 1.54) is 26.6 Å². The van der Waals surface area contributed by atoms with Gasteiger partial charge in [-0.3, -0.25) is 9.36 Å². The Bertz CT molecular complexity index is 712. The van der Waals surface area contributed by atoms with Gasteiger partial charge < -0.3 is 4.74 Å². The topological polar surface area (TPSA) is 112 Å². The second-order valence-electron chi connectivity index (χ2n) is 3.82. The van der Waals surface area contributed by atoms with Crippen LogP contribution in [0.25, 0.3) is 11.1 Å². The van der Waals surface area contributed by atoms with E-state index in [2.05, 4.69) is 9.97 Å². The van der Waals surface area contributed by atoms with Crippen molar-refractivity contribution >= 4 is 5.95 Å². The maximum absolute atomic E-state index is 12.2. The van der Waals surface area contributed by atoms with E-state index in [1.54, 1.807) is 12.1 Å². The molecule has 0 amide bonds. The number of pyridine rings is 1. The van der Waals surface area contributed by atoms with Gasteiger partial charge in [-0.25, -0.2) is 20.1 Å². The summed E-state index contributed by atoms with van der Waals surface area (Å²) in [6.45, 7) is 0. The molecule has 0 aromatic carbocycles. The molecule has 0 unspecified atom stereocenters. The molecule has 9 heteroatoms. The minimum atomic E-state index is -0.781. The van der Waals surface area contributed by atoms with Crippen molar-refractivity contribution in [2.45, 2.75) is 0 Å². The number of ether oxygens (including phenoxy) is 1. The van der Waals surface area contributed by atoms with Crippen molar-refractivity contribution in [2.24, 2.45) is 7.05 Å². The van der Waals surface area contributed by atoms with Crippen LogP contribution in [0.5, 0.6) is 5.88 Å². The van der Waals surface area contributed by atoms with E-state index in [0.29, 0.717) is 17.0 Å². The third-order valence-corrected chi connectivity index (χ3v) is 2.61. The molecule has 0 radical (unpaired) electrons. The second kappa shape index (κ2) is 5.34. The van der Waals surface area contributed by atoms with Gasteiger partial charge in [-0.05, 0) is 11.6 Å². The summed E-state index contributed by atoms with van der Waals surface area (Å²) in [6.07, 6.45) is 2.76. The van der Waals surface area contributed by atoms with Crippen LogP contribution in [0.15, 0.2) is 29.3 Å². The lowest BCUT2D eigenvalue weighted by atomic mass is 10.1. The van der Waals surface area contributed by atoms with Crippen LogP contribution in [0.3, 0.4) is 0 Å². The molecule has 0 bridgehead atoms. The fourth-order valence-electron chi connectivity index (χ4n) is 1.62. The highest BCUT2D eigenvalue weighted by Crippen LogP contribution is 2.18. The van der Waals surface area contributed by atoms with Crippen LogP contribution in [0.4, 0.5) is 5.95 Å². The number of rotatable bonds is 4. The molecule has 0 aliphatic rings. The van der Waals surface area contributed by atoms with Crippen molar-refractivity contribution in [1.82, 2.24) is 14.5 Å². The van der Waals surface area contributed by atoms with Crippen molar-refractivity contribution in [3.63, 3.8) is 0 Å². The fraction of sp³-hybridized carbons (Fsp3) is 0.182.